The van der Waals surface area contributed by atoms with Gasteiger partial charge in [-0.05, 0) is 75.2 Å². The van der Waals surface area contributed by atoms with Crippen LogP contribution in [0, 0.1) is 5.82 Å². The van der Waals surface area contributed by atoms with E-state index in [9.17, 15) is 14.3 Å². The Balaban J connectivity index is 1.19. The lowest BCUT2D eigenvalue weighted by molar-refractivity contribution is -0.0596. The highest BCUT2D eigenvalue weighted by atomic mass is 35.5. The van der Waals surface area contributed by atoms with Crippen LogP contribution < -0.4 is 4.74 Å². The zero-order chi connectivity index (χ0) is 30.6. The highest BCUT2D eigenvalue weighted by Gasteiger charge is 2.32. The first-order valence-corrected chi connectivity index (χ1v) is 15.4. The number of aromatic nitrogens is 3. The third-order valence-corrected chi connectivity index (χ3v) is 8.86. The first-order chi connectivity index (χ1) is 21.4. The van der Waals surface area contributed by atoms with Crippen LogP contribution in [-0.4, -0.2) is 70.0 Å². The van der Waals surface area contributed by atoms with Crippen LogP contribution in [0.3, 0.4) is 0 Å². The summed E-state index contributed by atoms with van der Waals surface area (Å²) in [6.45, 7) is 3.69. The van der Waals surface area contributed by atoms with Crippen molar-refractivity contribution in [2.45, 2.75) is 56.9 Å². The molecule has 0 radical (unpaired) electrons. The Labute approximate surface area is 260 Å². The first kappa shape index (κ1) is 30.5. The van der Waals surface area contributed by atoms with Gasteiger partial charge in [0, 0.05) is 48.6 Å². The number of pyridine rings is 1. The minimum absolute atomic E-state index is 0.00597. The first-order valence-electron chi connectivity index (χ1n) is 15.0. The van der Waals surface area contributed by atoms with Gasteiger partial charge in [0.15, 0.2) is 0 Å². The van der Waals surface area contributed by atoms with Crippen molar-refractivity contribution in [3.63, 3.8) is 0 Å². The molecule has 2 saturated heterocycles. The zero-order valence-corrected chi connectivity index (χ0v) is 25.4. The molecule has 0 aliphatic carbocycles. The SMILES string of the molecule is COCCC(c1nc2ccc(C(=O)O)cc2n1C[C@@H]1CCO1)N1CCC(c2cccc(OCc3ccc(Cl)cc3F)n2)CC1. The number of ether oxygens (including phenoxy) is 3. The van der Waals surface area contributed by atoms with Gasteiger partial charge >= 0.3 is 5.97 Å². The van der Waals surface area contributed by atoms with Crippen molar-refractivity contribution in [3.8, 4) is 5.88 Å². The maximum atomic E-state index is 14.2. The molecule has 2 aliphatic rings. The summed E-state index contributed by atoms with van der Waals surface area (Å²) < 4.78 is 33.5. The van der Waals surface area contributed by atoms with Crippen molar-refractivity contribution in [1.82, 2.24) is 19.4 Å². The topological polar surface area (TPSA) is 98.9 Å². The third kappa shape index (κ3) is 6.73. The number of likely N-dealkylation sites (tertiary alicyclic amines) is 1. The van der Waals surface area contributed by atoms with Gasteiger partial charge in [0.05, 0.1) is 35.3 Å². The molecule has 11 heteroatoms. The Morgan fingerprint density at radius 3 is 2.66 bits per heavy atom. The molecule has 232 valence electrons. The third-order valence-electron chi connectivity index (χ3n) is 8.62. The Kier molecular flexibility index (Phi) is 9.42. The van der Waals surface area contributed by atoms with Crippen molar-refractivity contribution in [2.24, 2.45) is 0 Å². The Bertz CT molecular complexity index is 1620. The predicted octanol–water partition coefficient (Wildman–Crippen LogP) is 6.25. The van der Waals surface area contributed by atoms with Gasteiger partial charge in [0.1, 0.15) is 18.2 Å². The molecule has 44 heavy (non-hydrogen) atoms. The van der Waals surface area contributed by atoms with Crippen molar-refractivity contribution in [1.29, 1.82) is 0 Å². The average molecular weight is 623 g/mol. The number of nitrogens with zero attached hydrogens (tertiary/aromatic N) is 4. The number of piperidine rings is 1. The number of hydrogen-bond donors (Lipinski definition) is 1. The van der Waals surface area contributed by atoms with E-state index in [0.29, 0.717) is 29.6 Å². The van der Waals surface area contributed by atoms with Gasteiger partial charge in [0.25, 0.3) is 0 Å². The monoisotopic (exact) mass is 622 g/mol. The maximum Gasteiger partial charge on any atom is 0.335 e. The molecular formula is C33H36ClFN4O5. The number of hydrogen-bond acceptors (Lipinski definition) is 7. The lowest BCUT2D eigenvalue weighted by Crippen LogP contribution is -2.39. The number of imidazole rings is 1. The lowest BCUT2D eigenvalue weighted by Gasteiger charge is -2.38. The minimum atomic E-state index is -0.959. The van der Waals surface area contributed by atoms with E-state index < -0.39 is 11.8 Å². The van der Waals surface area contributed by atoms with Gasteiger partial charge in [0.2, 0.25) is 5.88 Å². The molecule has 2 atom stereocenters. The predicted molar refractivity (Wildman–Crippen MR) is 164 cm³/mol. The molecular weight excluding hydrogens is 587 g/mol. The number of fused-ring (bicyclic) bond motifs is 1. The number of rotatable bonds is 12. The second-order valence-corrected chi connectivity index (χ2v) is 11.8. The molecule has 2 aromatic carbocycles. The zero-order valence-electron chi connectivity index (χ0n) is 24.6. The molecule has 0 spiro atoms. The largest absolute Gasteiger partial charge is 0.478 e. The van der Waals surface area contributed by atoms with Gasteiger partial charge < -0.3 is 23.9 Å². The lowest BCUT2D eigenvalue weighted by atomic mass is 9.91. The molecule has 1 N–H and O–H groups in total. The highest BCUT2D eigenvalue weighted by Crippen LogP contribution is 2.35. The van der Waals surface area contributed by atoms with Crippen LogP contribution in [0.2, 0.25) is 5.02 Å². The van der Waals surface area contributed by atoms with E-state index in [1.807, 2.05) is 12.1 Å². The summed E-state index contributed by atoms with van der Waals surface area (Å²) >= 11 is 5.87. The van der Waals surface area contributed by atoms with Crippen LogP contribution in [0.4, 0.5) is 4.39 Å². The second-order valence-electron chi connectivity index (χ2n) is 11.4. The minimum Gasteiger partial charge on any atom is -0.478 e. The highest BCUT2D eigenvalue weighted by molar-refractivity contribution is 6.30. The molecule has 0 bridgehead atoms. The van der Waals surface area contributed by atoms with E-state index in [0.717, 1.165) is 67.9 Å². The van der Waals surface area contributed by atoms with Crippen molar-refractivity contribution < 1.29 is 28.5 Å². The second kappa shape index (κ2) is 13.6. The fourth-order valence-electron chi connectivity index (χ4n) is 6.09. The number of carboxylic acid groups (broad SMARTS) is 1. The molecule has 2 aromatic heterocycles. The standard InChI is InChI=1S/C33H36ClFN4O5/c1-42-15-12-29(32-37-28-8-6-22(33(40)41)17-30(28)39(32)19-25-11-16-43-25)38-13-9-21(10-14-38)27-3-2-4-31(36-27)44-20-23-5-7-24(34)18-26(23)35/h2-8,17-18,21,25,29H,9-16,19-20H2,1H3,(H,40,41)/t25-,29?/m0/s1. The number of benzene rings is 2. The summed E-state index contributed by atoms with van der Waals surface area (Å²) in [6.07, 6.45) is 3.62. The van der Waals surface area contributed by atoms with Gasteiger partial charge in [-0.3, -0.25) is 4.90 Å². The smallest absolute Gasteiger partial charge is 0.335 e. The summed E-state index contributed by atoms with van der Waals surface area (Å²) in [5.74, 6) is 0.270. The van der Waals surface area contributed by atoms with Gasteiger partial charge in [-0.25, -0.2) is 19.2 Å². The average Bonchev–Trinajstić information content (AvgIpc) is 3.36. The Morgan fingerprint density at radius 1 is 1.14 bits per heavy atom. The van der Waals surface area contributed by atoms with Crippen LogP contribution in [0.5, 0.6) is 5.88 Å². The van der Waals surface area contributed by atoms with Gasteiger partial charge in [-0.1, -0.05) is 23.7 Å². The molecule has 4 aromatic rings. The van der Waals surface area contributed by atoms with E-state index in [4.69, 9.17) is 35.8 Å². The Morgan fingerprint density at radius 2 is 1.95 bits per heavy atom. The number of halogens is 2. The van der Waals surface area contributed by atoms with E-state index in [2.05, 4.69) is 9.47 Å². The van der Waals surface area contributed by atoms with Crippen molar-refractivity contribution in [3.05, 3.63) is 88.1 Å². The Hall–Kier alpha value is -3.57. The summed E-state index contributed by atoms with van der Waals surface area (Å²) in [5, 5.41) is 9.98. The molecule has 0 saturated carbocycles. The number of carboxylic acids is 1. The van der Waals surface area contributed by atoms with Crippen LogP contribution in [0.15, 0.2) is 54.6 Å². The van der Waals surface area contributed by atoms with Crippen LogP contribution in [-0.2, 0) is 22.6 Å². The molecule has 6 rings (SSSR count). The fraction of sp³-hybridized carbons (Fsp3) is 0.424. The molecule has 2 aliphatic heterocycles. The van der Waals surface area contributed by atoms with Crippen molar-refractivity contribution in [2.75, 3.05) is 33.4 Å². The molecule has 1 unspecified atom stereocenters. The van der Waals surface area contributed by atoms with E-state index in [1.54, 1.807) is 43.5 Å². The summed E-state index contributed by atoms with van der Waals surface area (Å²) in [6, 6.07) is 15.4. The molecule has 0 amide bonds. The van der Waals surface area contributed by atoms with E-state index in [-0.39, 0.29) is 30.2 Å². The molecule has 2 fully saturated rings. The van der Waals surface area contributed by atoms with Crippen molar-refractivity contribution >= 4 is 28.6 Å². The van der Waals surface area contributed by atoms with E-state index in [1.165, 1.54) is 6.07 Å². The van der Waals surface area contributed by atoms with Gasteiger partial charge in [-0.2, -0.15) is 0 Å². The van der Waals surface area contributed by atoms with Crippen LogP contribution >= 0.6 is 11.6 Å². The molecule has 4 heterocycles. The summed E-state index contributed by atoms with van der Waals surface area (Å²) in [7, 11) is 1.70. The maximum absolute atomic E-state index is 14.2. The fourth-order valence-corrected chi connectivity index (χ4v) is 6.25. The number of carbonyl (C=O) groups is 1. The quantitative estimate of drug-likeness (QED) is 0.198. The van der Waals surface area contributed by atoms with E-state index >= 15 is 0 Å². The number of methoxy groups -OCH3 is 1. The van der Waals surface area contributed by atoms with Gasteiger partial charge in [-0.15, -0.1) is 0 Å². The summed E-state index contributed by atoms with van der Waals surface area (Å²) in [4.78, 5) is 24.0. The normalized spacial score (nSPS) is 18.3. The summed E-state index contributed by atoms with van der Waals surface area (Å²) in [5.41, 5.74) is 3.22. The van der Waals surface area contributed by atoms with Crippen LogP contribution in [0.1, 0.15) is 65.1 Å². The molecule has 9 nitrogen and oxygen atoms in total. The number of aromatic carboxylic acids is 1. The van der Waals surface area contributed by atoms with Crippen LogP contribution in [0.25, 0.3) is 11.0 Å².